The van der Waals surface area contributed by atoms with Gasteiger partial charge in [0, 0.05) is 15.6 Å². The van der Waals surface area contributed by atoms with Gasteiger partial charge < -0.3 is 19.9 Å². The zero-order chi connectivity index (χ0) is 21.7. The molecule has 0 unspecified atom stereocenters. The molecule has 1 heterocycles. The van der Waals surface area contributed by atoms with Crippen LogP contribution in [0.1, 0.15) is 56.7 Å². The van der Waals surface area contributed by atoms with E-state index in [0.29, 0.717) is 12.0 Å². The van der Waals surface area contributed by atoms with Crippen LogP contribution >= 0.6 is 34.5 Å². The quantitative estimate of drug-likeness (QED) is 0.472. The van der Waals surface area contributed by atoms with E-state index in [4.69, 9.17) is 32.7 Å². The van der Waals surface area contributed by atoms with E-state index in [1.165, 1.54) is 12.1 Å². The van der Waals surface area contributed by atoms with Crippen LogP contribution in [0.5, 0.6) is 5.75 Å². The molecule has 11 heteroatoms. The summed E-state index contributed by atoms with van der Waals surface area (Å²) in [5.74, 6) is -2.51. The van der Waals surface area contributed by atoms with E-state index in [1.54, 1.807) is 20.8 Å². The number of ether oxygens (including phenoxy) is 2. The van der Waals surface area contributed by atoms with Crippen molar-refractivity contribution in [3.63, 3.8) is 0 Å². The Balaban J connectivity index is 0.00000450. The van der Waals surface area contributed by atoms with Crippen LogP contribution in [-0.2, 0) is 15.9 Å². The summed E-state index contributed by atoms with van der Waals surface area (Å²) in [6, 6.07) is 2.35. The number of esters is 2. The first kappa shape index (κ1) is 26.7. The smallest absolute Gasteiger partial charge is 0.870 e. The van der Waals surface area contributed by atoms with Crippen LogP contribution < -0.4 is 40.0 Å². The normalized spacial score (nSPS) is 10.2. The number of nitrogens with one attached hydrogen (secondary N) is 1. The number of benzene rings is 1. The Labute approximate surface area is 209 Å². The van der Waals surface area contributed by atoms with E-state index in [9.17, 15) is 19.5 Å². The maximum Gasteiger partial charge on any atom is 1.00 e. The second-order valence-corrected chi connectivity index (χ2v) is 7.47. The molecule has 1 amide bonds. The minimum absolute atomic E-state index is 0. The standard InChI is InChI=1S/C19H19Cl2NO6S.Na/c1-4-10-13(18(25)27-5-2)17(29-15(10)19(26)28-6-3)22-16(24)9-7-11(20)14(23)12(21)8-9;/h7-8,23H,4-6H2,1-3H3,(H,22,24);/q;+1/p-1. The van der Waals surface area contributed by atoms with Gasteiger partial charge in [-0.3, -0.25) is 4.79 Å². The van der Waals surface area contributed by atoms with E-state index in [0.717, 1.165) is 11.3 Å². The van der Waals surface area contributed by atoms with Crippen LogP contribution in [0.2, 0.25) is 10.0 Å². The van der Waals surface area contributed by atoms with Crippen molar-refractivity contribution >= 4 is 57.4 Å². The molecule has 1 aromatic heterocycles. The van der Waals surface area contributed by atoms with Crippen molar-refractivity contribution < 1.29 is 58.5 Å². The Morgan fingerprint density at radius 2 is 1.57 bits per heavy atom. The second-order valence-electron chi connectivity index (χ2n) is 5.63. The largest absolute Gasteiger partial charge is 1.00 e. The van der Waals surface area contributed by atoms with Crippen molar-refractivity contribution in [3.05, 3.63) is 43.7 Å². The fourth-order valence-electron chi connectivity index (χ4n) is 2.54. The summed E-state index contributed by atoms with van der Waals surface area (Å²) in [6.45, 7) is 5.37. The Kier molecular flexibility index (Phi) is 10.6. The molecule has 2 aromatic rings. The molecule has 0 saturated heterocycles. The van der Waals surface area contributed by atoms with Crippen LogP contribution in [0.15, 0.2) is 12.1 Å². The van der Waals surface area contributed by atoms with Crippen LogP contribution in [-0.4, -0.2) is 31.1 Å². The third kappa shape index (κ3) is 5.90. The summed E-state index contributed by atoms with van der Waals surface area (Å²) in [4.78, 5) is 37.7. The van der Waals surface area contributed by atoms with Gasteiger partial charge in [0.15, 0.2) is 0 Å². The van der Waals surface area contributed by atoms with Crippen LogP contribution in [0, 0.1) is 0 Å². The van der Waals surface area contributed by atoms with Crippen LogP contribution in [0.25, 0.3) is 0 Å². The van der Waals surface area contributed by atoms with E-state index < -0.39 is 23.6 Å². The molecule has 0 aliphatic heterocycles. The molecule has 0 aliphatic carbocycles. The van der Waals surface area contributed by atoms with Gasteiger partial charge in [-0.15, -0.1) is 11.3 Å². The summed E-state index contributed by atoms with van der Waals surface area (Å²) in [5.41, 5.74) is 0.542. The summed E-state index contributed by atoms with van der Waals surface area (Å²) >= 11 is 12.5. The molecule has 156 valence electrons. The maximum atomic E-state index is 12.7. The second kappa shape index (κ2) is 11.9. The number of rotatable bonds is 7. The number of anilines is 1. The van der Waals surface area contributed by atoms with Gasteiger partial charge in [0.05, 0.1) is 18.8 Å². The third-order valence-corrected chi connectivity index (χ3v) is 5.48. The van der Waals surface area contributed by atoms with Gasteiger partial charge in [0.25, 0.3) is 5.91 Å². The van der Waals surface area contributed by atoms with Gasteiger partial charge in [-0.05, 0) is 38.0 Å². The molecule has 1 aromatic carbocycles. The zero-order valence-electron chi connectivity index (χ0n) is 16.9. The fraction of sp³-hybridized carbons (Fsp3) is 0.316. The van der Waals surface area contributed by atoms with E-state index in [1.807, 2.05) is 0 Å². The summed E-state index contributed by atoms with van der Waals surface area (Å²) in [7, 11) is 0. The number of hydrogen-bond donors (Lipinski definition) is 1. The minimum atomic E-state index is -0.669. The van der Waals surface area contributed by atoms with Crippen molar-refractivity contribution in [2.24, 2.45) is 0 Å². The Bertz CT molecular complexity index is 940. The molecule has 30 heavy (non-hydrogen) atoms. The van der Waals surface area contributed by atoms with Crippen LogP contribution in [0.3, 0.4) is 0 Å². The topological polar surface area (TPSA) is 105 Å². The maximum absolute atomic E-state index is 12.7. The monoisotopic (exact) mass is 481 g/mol. The molecular weight excluding hydrogens is 464 g/mol. The predicted molar refractivity (Wildman–Crippen MR) is 109 cm³/mol. The van der Waals surface area contributed by atoms with Gasteiger partial charge in [0.1, 0.15) is 9.88 Å². The van der Waals surface area contributed by atoms with Gasteiger partial charge in [0.2, 0.25) is 0 Å². The minimum Gasteiger partial charge on any atom is -0.870 e. The molecular formula is C19H18Cl2NNaO6S. The number of amides is 1. The first-order valence-electron chi connectivity index (χ1n) is 8.72. The molecule has 1 N–H and O–H groups in total. The first-order valence-corrected chi connectivity index (χ1v) is 10.3. The van der Waals surface area contributed by atoms with Gasteiger partial charge >= 0.3 is 41.5 Å². The van der Waals surface area contributed by atoms with Crippen molar-refractivity contribution in [1.82, 2.24) is 0 Å². The average Bonchev–Trinajstić information content (AvgIpc) is 3.04. The van der Waals surface area contributed by atoms with Crippen molar-refractivity contribution in [2.45, 2.75) is 27.2 Å². The fourth-order valence-corrected chi connectivity index (χ4v) is 4.19. The van der Waals surface area contributed by atoms with E-state index in [2.05, 4.69) is 5.32 Å². The number of thiophene rings is 1. The summed E-state index contributed by atoms with van der Waals surface area (Å²) in [5, 5.41) is 13.9. The molecule has 0 atom stereocenters. The van der Waals surface area contributed by atoms with Crippen molar-refractivity contribution in [3.8, 4) is 5.75 Å². The number of carbonyl (C=O) groups excluding carboxylic acids is 3. The SMILES string of the molecule is CCOC(=O)c1sc(NC(=O)c2cc(Cl)c([O-])c(Cl)c2)c(C(=O)OCC)c1CC.[Na+]. The number of hydrogen-bond acceptors (Lipinski definition) is 7. The molecule has 0 bridgehead atoms. The summed E-state index contributed by atoms with van der Waals surface area (Å²) < 4.78 is 10.1. The van der Waals surface area contributed by atoms with Crippen LogP contribution in [0.4, 0.5) is 5.00 Å². The molecule has 0 aliphatic rings. The van der Waals surface area contributed by atoms with Gasteiger partial charge in [-0.25, -0.2) is 9.59 Å². The number of carbonyl (C=O) groups is 3. The van der Waals surface area contributed by atoms with E-state index >= 15 is 0 Å². The molecule has 0 fully saturated rings. The molecule has 2 rings (SSSR count). The summed E-state index contributed by atoms with van der Waals surface area (Å²) in [6.07, 6.45) is 0.344. The third-order valence-electron chi connectivity index (χ3n) is 3.79. The molecule has 0 spiro atoms. The van der Waals surface area contributed by atoms with Crippen molar-refractivity contribution in [2.75, 3.05) is 18.5 Å². The number of halogens is 2. The Morgan fingerprint density at radius 1 is 1.03 bits per heavy atom. The van der Waals surface area contributed by atoms with Gasteiger partial charge in [-0.2, -0.15) is 0 Å². The molecule has 0 radical (unpaired) electrons. The average molecular weight is 482 g/mol. The van der Waals surface area contributed by atoms with E-state index in [-0.39, 0.29) is 73.8 Å². The Morgan fingerprint density at radius 3 is 2.07 bits per heavy atom. The zero-order valence-corrected chi connectivity index (χ0v) is 21.2. The predicted octanol–water partition coefficient (Wildman–Crippen LogP) is 1.30. The molecule has 7 nitrogen and oxygen atoms in total. The van der Waals surface area contributed by atoms with Gasteiger partial charge in [-0.1, -0.05) is 35.9 Å². The Hall–Kier alpha value is -1.29. The first-order chi connectivity index (χ1) is 13.7. The van der Waals surface area contributed by atoms with Crippen molar-refractivity contribution in [1.29, 1.82) is 0 Å². The molecule has 0 saturated carbocycles.